The molecule has 1 atom stereocenters. The number of aryl methyl sites for hydroxylation is 2. The van der Waals surface area contributed by atoms with Crippen molar-refractivity contribution in [3.8, 4) is 0 Å². The lowest BCUT2D eigenvalue weighted by atomic mass is 10.2. The number of rotatable bonds is 5. The van der Waals surface area contributed by atoms with Crippen molar-refractivity contribution in [3.63, 3.8) is 0 Å². The molecule has 0 fully saturated rings. The predicted molar refractivity (Wildman–Crippen MR) is 69.3 cm³/mol. The molecule has 16 heavy (non-hydrogen) atoms. The van der Waals surface area contributed by atoms with E-state index in [1.807, 2.05) is 20.0 Å². The van der Waals surface area contributed by atoms with Crippen molar-refractivity contribution in [3.05, 3.63) is 21.4 Å². The molecule has 0 aliphatic rings. The molecule has 0 saturated heterocycles. The predicted octanol–water partition coefficient (Wildman–Crippen LogP) is 1.96. The molecule has 0 aliphatic carbocycles. The van der Waals surface area contributed by atoms with Crippen molar-refractivity contribution in [2.75, 3.05) is 13.6 Å². The van der Waals surface area contributed by atoms with Gasteiger partial charge in [-0.25, -0.2) is 0 Å². The molecule has 0 bridgehead atoms. The third-order valence-corrected chi connectivity index (χ3v) is 4.01. The van der Waals surface area contributed by atoms with Gasteiger partial charge in [-0.2, -0.15) is 0 Å². The van der Waals surface area contributed by atoms with Gasteiger partial charge in [-0.1, -0.05) is 6.92 Å². The minimum absolute atomic E-state index is 0.0369. The molecule has 1 heterocycles. The van der Waals surface area contributed by atoms with Crippen molar-refractivity contribution >= 4 is 17.2 Å². The highest BCUT2D eigenvalue weighted by molar-refractivity contribution is 7.14. The first kappa shape index (κ1) is 13.2. The van der Waals surface area contributed by atoms with Crippen LogP contribution in [0.4, 0.5) is 0 Å². The van der Waals surface area contributed by atoms with Crippen LogP contribution in [-0.4, -0.2) is 25.5 Å². The molecule has 1 aromatic heterocycles. The molecule has 0 aromatic carbocycles. The lowest BCUT2D eigenvalue weighted by Gasteiger charge is -2.10. The first-order chi connectivity index (χ1) is 7.58. The first-order valence-corrected chi connectivity index (χ1v) is 6.44. The monoisotopic (exact) mass is 240 g/mol. The van der Waals surface area contributed by atoms with Gasteiger partial charge in [0.1, 0.15) is 0 Å². The molecular formula is C12H20N2OS. The Hall–Kier alpha value is -0.870. The van der Waals surface area contributed by atoms with E-state index in [1.165, 1.54) is 10.4 Å². The largest absolute Gasteiger partial charge is 0.350 e. The SMILES string of the molecule is CCc1sc(C(=O)NCC(C)NC)cc1C. The number of carbonyl (C=O) groups is 1. The van der Waals surface area contributed by atoms with Crippen molar-refractivity contribution in [2.24, 2.45) is 0 Å². The minimum Gasteiger partial charge on any atom is -0.350 e. The van der Waals surface area contributed by atoms with Crippen LogP contribution in [0.5, 0.6) is 0 Å². The molecule has 0 saturated carbocycles. The molecule has 0 spiro atoms. The second-order valence-corrected chi connectivity index (χ2v) is 5.11. The summed E-state index contributed by atoms with van der Waals surface area (Å²) in [6.45, 7) is 6.87. The van der Waals surface area contributed by atoms with E-state index in [-0.39, 0.29) is 5.91 Å². The molecule has 4 heteroatoms. The van der Waals surface area contributed by atoms with Crippen LogP contribution in [-0.2, 0) is 6.42 Å². The van der Waals surface area contributed by atoms with Crippen molar-refractivity contribution in [2.45, 2.75) is 33.2 Å². The lowest BCUT2D eigenvalue weighted by molar-refractivity contribution is 0.0954. The van der Waals surface area contributed by atoms with E-state index in [9.17, 15) is 4.79 Å². The zero-order valence-electron chi connectivity index (χ0n) is 10.4. The summed E-state index contributed by atoms with van der Waals surface area (Å²) < 4.78 is 0. The van der Waals surface area contributed by atoms with Crippen molar-refractivity contribution in [1.29, 1.82) is 0 Å². The Kier molecular flexibility index (Phi) is 4.96. The fourth-order valence-corrected chi connectivity index (χ4v) is 2.45. The van der Waals surface area contributed by atoms with Gasteiger partial charge < -0.3 is 10.6 Å². The summed E-state index contributed by atoms with van der Waals surface area (Å²) in [5.41, 5.74) is 1.22. The van der Waals surface area contributed by atoms with Crippen LogP contribution in [0.3, 0.4) is 0 Å². The van der Waals surface area contributed by atoms with Crippen LogP contribution in [0.15, 0.2) is 6.07 Å². The maximum absolute atomic E-state index is 11.8. The molecular weight excluding hydrogens is 220 g/mol. The maximum Gasteiger partial charge on any atom is 0.261 e. The van der Waals surface area contributed by atoms with E-state index < -0.39 is 0 Å². The van der Waals surface area contributed by atoms with Gasteiger partial charge in [0.25, 0.3) is 5.91 Å². The Morgan fingerprint density at radius 3 is 2.75 bits per heavy atom. The van der Waals surface area contributed by atoms with Gasteiger partial charge in [-0.05, 0) is 38.9 Å². The summed E-state index contributed by atoms with van der Waals surface area (Å²) in [4.78, 5) is 13.9. The highest BCUT2D eigenvalue weighted by Gasteiger charge is 2.11. The third-order valence-electron chi connectivity index (χ3n) is 2.63. The standard InChI is InChI=1S/C12H20N2OS/c1-5-10-8(2)6-11(16-10)12(15)14-7-9(3)13-4/h6,9,13H,5,7H2,1-4H3,(H,14,15). The van der Waals surface area contributed by atoms with Gasteiger partial charge >= 0.3 is 0 Å². The smallest absolute Gasteiger partial charge is 0.261 e. The maximum atomic E-state index is 11.8. The van der Waals surface area contributed by atoms with Gasteiger partial charge in [-0.3, -0.25) is 4.79 Å². The summed E-state index contributed by atoms with van der Waals surface area (Å²) in [7, 11) is 1.89. The Balaban J connectivity index is 2.59. The summed E-state index contributed by atoms with van der Waals surface area (Å²) in [5, 5.41) is 6.01. The van der Waals surface area contributed by atoms with Crippen LogP contribution in [0.1, 0.15) is 34.0 Å². The number of carbonyl (C=O) groups excluding carboxylic acids is 1. The average Bonchev–Trinajstić information content (AvgIpc) is 2.66. The van der Waals surface area contributed by atoms with Gasteiger partial charge in [0.15, 0.2) is 0 Å². The fourth-order valence-electron chi connectivity index (χ4n) is 1.42. The van der Waals surface area contributed by atoms with Crippen LogP contribution < -0.4 is 10.6 Å². The minimum atomic E-state index is 0.0369. The number of amides is 1. The highest BCUT2D eigenvalue weighted by Crippen LogP contribution is 2.22. The summed E-state index contributed by atoms with van der Waals surface area (Å²) in [5.74, 6) is 0.0369. The zero-order chi connectivity index (χ0) is 12.1. The van der Waals surface area contributed by atoms with Gasteiger partial charge in [-0.15, -0.1) is 11.3 Å². The van der Waals surface area contributed by atoms with E-state index in [0.29, 0.717) is 12.6 Å². The number of nitrogens with one attached hydrogen (secondary N) is 2. The van der Waals surface area contributed by atoms with E-state index in [2.05, 4.69) is 24.5 Å². The van der Waals surface area contributed by atoms with Gasteiger partial charge in [0, 0.05) is 17.5 Å². The molecule has 2 N–H and O–H groups in total. The third kappa shape index (κ3) is 3.32. The molecule has 0 aliphatic heterocycles. The van der Waals surface area contributed by atoms with Crippen LogP contribution in [0, 0.1) is 6.92 Å². The van der Waals surface area contributed by atoms with Gasteiger partial charge in [0.2, 0.25) is 0 Å². The summed E-state index contributed by atoms with van der Waals surface area (Å²) in [6.07, 6.45) is 0.997. The first-order valence-electron chi connectivity index (χ1n) is 5.63. The Bertz CT molecular complexity index is 360. The lowest BCUT2D eigenvalue weighted by Crippen LogP contribution is -2.36. The van der Waals surface area contributed by atoms with E-state index in [1.54, 1.807) is 11.3 Å². The Morgan fingerprint density at radius 2 is 2.25 bits per heavy atom. The van der Waals surface area contributed by atoms with Crippen LogP contribution >= 0.6 is 11.3 Å². The van der Waals surface area contributed by atoms with Crippen LogP contribution in [0.2, 0.25) is 0 Å². The molecule has 1 rings (SSSR count). The van der Waals surface area contributed by atoms with Crippen LogP contribution in [0.25, 0.3) is 0 Å². The fraction of sp³-hybridized carbons (Fsp3) is 0.583. The van der Waals surface area contributed by atoms with Gasteiger partial charge in [0.05, 0.1) is 4.88 Å². The Morgan fingerprint density at radius 1 is 1.56 bits per heavy atom. The molecule has 1 amide bonds. The second kappa shape index (κ2) is 6.01. The molecule has 3 nitrogen and oxygen atoms in total. The number of hydrogen-bond donors (Lipinski definition) is 2. The number of thiophene rings is 1. The van der Waals surface area contributed by atoms with Crippen molar-refractivity contribution in [1.82, 2.24) is 10.6 Å². The normalized spacial score (nSPS) is 12.5. The highest BCUT2D eigenvalue weighted by atomic mass is 32.1. The summed E-state index contributed by atoms with van der Waals surface area (Å²) >= 11 is 1.59. The number of likely N-dealkylation sites (N-methyl/N-ethyl adjacent to an activating group) is 1. The molecule has 90 valence electrons. The number of hydrogen-bond acceptors (Lipinski definition) is 3. The molecule has 0 radical (unpaired) electrons. The summed E-state index contributed by atoms with van der Waals surface area (Å²) in [6, 6.07) is 2.28. The average molecular weight is 240 g/mol. The van der Waals surface area contributed by atoms with Crippen molar-refractivity contribution < 1.29 is 4.79 Å². The Labute approximate surface area is 101 Å². The zero-order valence-corrected chi connectivity index (χ0v) is 11.2. The van der Waals surface area contributed by atoms with E-state index in [4.69, 9.17) is 0 Å². The van der Waals surface area contributed by atoms with E-state index in [0.717, 1.165) is 11.3 Å². The molecule has 1 aromatic rings. The van der Waals surface area contributed by atoms with E-state index >= 15 is 0 Å². The quantitative estimate of drug-likeness (QED) is 0.826. The molecule has 1 unspecified atom stereocenters. The topological polar surface area (TPSA) is 41.1 Å². The second-order valence-electron chi connectivity index (χ2n) is 3.97.